The summed E-state index contributed by atoms with van der Waals surface area (Å²) in [5, 5.41) is 9.75. The zero-order valence-corrected chi connectivity index (χ0v) is 14.1. The second-order valence-electron chi connectivity index (χ2n) is 8.91. The lowest BCUT2D eigenvalue weighted by atomic mass is 9.77. The summed E-state index contributed by atoms with van der Waals surface area (Å²) in [6.45, 7) is 12.5. The Bertz CT molecular complexity index is 316. The zero-order chi connectivity index (χ0) is 15.0. The fourth-order valence-electron chi connectivity index (χ4n) is 4.22. The lowest BCUT2D eigenvalue weighted by molar-refractivity contribution is -0.0548. The van der Waals surface area contributed by atoms with Crippen molar-refractivity contribution in [1.29, 1.82) is 0 Å². The Morgan fingerprint density at radius 2 is 1.70 bits per heavy atom. The molecule has 2 fully saturated rings. The van der Waals surface area contributed by atoms with Crippen LogP contribution in [0.25, 0.3) is 0 Å². The molecule has 0 spiro atoms. The van der Waals surface area contributed by atoms with Gasteiger partial charge in [-0.15, -0.1) is 0 Å². The van der Waals surface area contributed by atoms with Gasteiger partial charge in [-0.05, 0) is 54.8 Å². The molecular weight excluding hydrogens is 248 g/mol. The van der Waals surface area contributed by atoms with Crippen LogP contribution in [0, 0.1) is 22.7 Å². The van der Waals surface area contributed by atoms with Gasteiger partial charge in [0.25, 0.3) is 0 Å². The van der Waals surface area contributed by atoms with Gasteiger partial charge in [-0.1, -0.05) is 41.0 Å². The van der Waals surface area contributed by atoms with Crippen LogP contribution >= 0.6 is 0 Å². The third-order valence-electron chi connectivity index (χ3n) is 5.74. The summed E-state index contributed by atoms with van der Waals surface area (Å²) >= 11 is 0. The van der Waals surface area contributed by atoms with Crippen molar-refractivity contribution in [1.82, 2.24) is 0 Å². The highest BCUT2D eigenvalue weighted by molar-refractivity contribution is 4.89. The third-order valence-corrected chi connectivity index (χ3v) is 5.74. The summed E-state index contributed by atoms with van der Waals surface area (Å²) in [6.07, 6.45) is 7.32. The Kier molecular flexibility index (Phi) is 4.86. The minimum atomic E-state index is -0.0759. The quantitative estimate of drug-likeness (QED) is 0.828. The molecule has 0 amide bonds. The van der Waals surface area contributed by atoms with Crippen LogP contribution in [0.3, 0.4) is 0 Å². The number of ether oxygens (including phenoxy) is 1. The van der Waals surface area contributed by atoms with Gasteiger partial charge in [0, 0.05) is 0 Å². The van der Waals surface area contributed by atoms with Gasteiger partial charge in [0.05, 0.1) is 18.8 Å². The highest BCUT2D eigenvalue weighted by atomic mass is 16.5. The highest BCUT2D eigenvalue weighted by Crippen LogP contribution is 2.44. The van der Waals surface area contributed by atoms with Gasteiger partial charge in [0.2, 0.25) is 0 Å². The van der Waals surface area contributed by atoms with Crippen molar-refractivity contribution in [2.24, 2.45) is 22.7 Å². The van der Waals surface area contributed by atoms with Gasteiger partial charge < -0.3 is 9.84 Å². The van der Waals surface area contributed by atoms with E-state index in [1.165, 1.54) is 19.3 Å². The van der Waals surface area contributed by atoms with E-state index in [9.17, 15) is 5.11 Å². The van der Waals surface area contributed by atoms with Crippen LogP contribution in [-0.2, 0) is 4.74 Å². The first-order chi connectivity index (χ1) is 9.20. The van der Waals surface area contributed by atoms with E-state index in [1.54, 1.807) is 0 Å². The number of aliphatic hydroxyl groups excluding tert-OH is 1. The molecule has 0 aromatic heterocycles. The maximum atomic E-state index is 9.75. The lowest BCUT2D eigenvalue weighted by Gasteiger charge is -2.36. The van der Waals surface area contributed by atoms with Crippen molar-refractivity contribution in [2.75, 3.05) is 6.61 Å². The van der Waals surface area contributed by atoms with E-state index < -0.39 is 0 Å². The second-order valence-corrected chi connectivity index (χ2v) is 8.91. The molecule has 2 saturated carbocycles. The number of rotatable bonds is 4. The Labute approximate surface area is 125 Å². The average Bonchev–Trinajstić information content (AvgIpc) is 2.93. The summed E-state index contributed by atoms with van der Waals surface area (Å²) in [6, 6.07) is 0. The molecule has 4 atom stereocenters. The van der Waals surface area contributed by atoms with Crippen LogP contribution in [0.4, 0.5) is 0 Å². The summed E-state index contributed by atoms with van der Waals surface area (Å²) in [5.41, 5.74) is 0.553. The van der Waals surface area contributed by atoms with Gasteiger partial charge in [-0.25, -0.2) is 0 Å². The second kappa shape index (κ2) is 5.96. The SMILES string of the molecule is CC(C)(C)C1CCCC1OCC(C)(C)C1CCC(O)C1. The van der Waals surface area contributed by atoms with Gasteiger partial charge in [-0.3, -0.25) is 0 Å². The van der Waals surface area contributed by atoms with Gasteiger partial charge in [0.15, 0.2) is 0 Å². The van der Waals surface area contributed by atoms with Crippen LogP contribution in [0.1, 0.15) is 73.1 Å². The molecule has 2 heteroatoms. The van der Waals surface area contributed by atoms with E-state index in [-0.39, 0.29) is 11.5 Å². The average molecular weight is 282 g/mol. The first-order valence-corrected chi connectivity index (χ1v) is 8.50. The van der Waals surface area contributed by atoms with E-state index in [1.807, 2.05) is 0 Å². The summed E-state index contributed by atoms with van der Waals surface area (Å²) in [4.78, 5) is 0. The van der Waals surface area contributed by atoms with Crippen molar-refractivity contribution in [3.05, 3.63) is 0 Å². The molecule has 2 nitrogen and oxygen atoms in total. The Hall–Kier alpha value is -0.0800. The standard InChI is InChI=1S/C18H34O2/c1-17(2,3)15-7-6-8-16(15)20-12-18(4,5)13-9-10-14(19)11-13/h13-16,19H,6-12H2,1-5H3. The van der Waals surface area contributed by atoms with Crippen LogP contribution in [-0.4, -0.2) is 23.9 Å². The fraction of sp³-hybridized carbons (Fsp3) is 1.00. The molecule has 0 radical (unpaired) electrons. The molecule has 0 aromatic carbocycles. The van der Waals surface area contributed by atoms with E-state index in [0.29, 0.717) is 23.4 Å². The molecule has 0 saturated heterocycles. The Balaban J connectivity index is 1.87. The predicted octanol–water partition coefficient (Wildman–Crippen LogP) is 4.41. The van der Waals surface area contributed by atoms with E-state index in [0.717, 1.165) is 25.9 Å². The normalized spacial score (nSPS) is 35.7. The molecule has 0 aromatic rings. The van der Waals surface area contributed by atoms with Gasteiger partial charge in [0.1, 0.15) is 0 Å². The molecule has 118 valence electrons. The molecule has 1 N–H and O–H groups in total. The number of hydrogen-bond donors (Lipinski definition) is 1. The van der Waals surface area contributed by atoms with Crippen molar-refractivity contribution in [2.45, 2.75) is 85.4 Å². The van der Waals surface area contributed by atoms with Crippen LogP contribution in [0.2, 0.25) is 0 Å². The molecule has 0 aliphatic heterocycles. The monoisotopic (exact) mass is 282 g/mol. The third kappa shape index (κ3) is 3.76. The van der Waals surface area contributed by atoms with Crippen molar-refractivity contribution in [3.8, 4) is 0 Å². The minimum Gasteiger partial charge on any atom is -0.393 e. The van der Waals surface area contributed by atoms with Gasteiger partial charge >= 0.3 is 0 Å². The molecule has 0 bridgehead atoms. The summed E-state index contributed by atoms with van der Waals surface area (Å²) in [5.74, 6) is 1.32. The van der Waals surface area contributed by atoms with Crippen molar-refractivity contribution < 1.29 is 9.84 Å². The number of hydrogen-bond acceptors (Lipinski definition) is 2. The predicted molar refractivity (Wildman–Crippen MR) is 83.7 cm³/mol. The van der Waals surface area contributed by atoms with Crippen LogP contribution in [0.5, 0.6) is 0 Å². The molecule has 2 rings (SSSR count). The smallest absolute Gasteiger partial charge is 0.0608 e. The highest BCUT2D eigenvalue weighted by Gasteiger charge is 2.40. The Morgan fingerprint density at radius 1 is 1.00 bits per heavy atom. The van der Waals surface area contributed by atoms with E-state index >= 15 is 0 Å². The summed E-state index contributed by atoms with van der Waals surface area (Å²) < 4.78 is 6.37. The molecule has 2 aliphatic rings. The van der Waals surface area contributed by atoms with E-state index in [2.05, 4.69) is 34.6 Å². The summed E-state index contributed by atoms with van der Waals surface area (Å²) in [7, 11) is 0. The number of aliphatic hydroxyl groups is 1. The van der Waals surface area contributed by atoms with Crippen LogP contribution < -0.4 is 0 Å². The van der Waals surface area contributed by atoms with E-state index in [4.69, 9.17) is 4.74 Å². The molecule has 2 aliphatic carbocycles. The van der Waals surface area contributed by atoms with Crippen molar-refractivity contribution in [3.63, 3.8) is 0 Å². The maximum Gasteiger partial charge on any atom is 0.0608 e. The minimum absolute atomic E-state index is 0.0759. The molecular formula is C18H34O2. The first-order valence-electron chi connectivity index (χ1n) is 8.50. The Morgan fingerprint density at radius 3 is 2.25 bits per heavy atom. The molecule has 0 heterocycles. The topological polar surface area (TPSA) is 29.5 Å². The maximum absolute atomic E-state index is 9.75. The molecule has 20 heavy (non-hydrogen) atoms. The van der Waals surface area contributed by atoms with Crippen LogP contribution in [0.15, 0.2) is 0 Å². The largest absolute Gasteiger partial charge is 0.393 e. The molecule has 4 unspecified atom stereocenters. The lowest BCUT2D eigenvalue weighted by Crippen LogP contribution is -2.35. The van der Waals surface area contributed by atoms with Crippen molar-refractivity contribution >= 4 is 0 Å². The fourth-order valence-corrected chi connectivity index (χ4v) is 4.22. The zero-order valence-electron chi connectivity index (χ0n) is 14.1. The first kappa shape index (κ1) is 16.3. The van der Waals surface area contributed by atoms with Gasteiger partial charge in [-0.2, -0.15) is 0 Å².